The zero-order valence-electron chi connectivity index (χ0n) is 18.3. The SMILES string of the molecule is Cc1cc(NC(=O)c2cccc(COc3c(Cl)cc(Cl)cc3Cl)c2)nn1Cc1ccc(Cl)c(Cl)c1. The molecule has 180 valence electrons. The average molecular weight is 570 g/mol. The van der Waals surface area contributed by atoms with Crippen LogP contribution in [0.3, 0.4) is 0 Å². The van der Waals surface area contributed by atoms with Crippen molar-refractivity contribution in [2.75, 3.05) is 5.32 Å². The van der Waals surface area contributed by atoms with Gasteiger partial charge in [0.1, 0.15) is 6.61 Å². The molecule has 0 fully saturated rings. The highest BCUT2D eigenvalue weighted by molar-refractivity contribution is 6.42. The van der Waals surface area contributed by atoms with Gasteiger partial charge in [0.15, 0.2) is 11.6 Å². The maximum Gasteiger partial charge on any atom is 0.256 e. The number of halogens is 5. The normalized spacial score (nSPS) is 10.9. The van der Waals surface area contributed by atoms with Crippen molar-refractivity contribution in [1.82, 2.24) is 9.78 Å². The molecule has 0 unspecified atom stereocenters. The van der Waals surface area contributed by atoms with E-state index in [1.807, 2.05) is 19.1 Å². The monoisotopic (exact) mass is 567 g/mol. The van der Waals surface area contributed by atoms with Gasteiger partial charge in [-0.25, -0.2) is 0 Å². The van der Waals surface area contributed by atoms with Crippen LogP contribution in [0.2, 0.25) is 25.1 Å². The van der Waals surface area contributed by atoms with Crippen LogP contribution in [0.5, 0.6) is 5.75 Å². The third-order valence-corrected chi connectivity index (χ3v) is 6.59. The molecule has 3 aromatic carbocycles. The van der Waals surface area contributed by atoms with E-state index in [4.69, 9.17) is 62.7 Å². The Morgan fingerprint density at radius 3 is 2.34 bits per heavy atom. The summed E-state index contributed by atoms with van der Waals surface area (Å²) >= 11 is 30.4. The average Bonchev–Trinajstić information content (AvgIpc) is 3.14. The van der Waals surface area contributed by atoms with Crippen LogP contribution in [0.4, 0.5) is 5.82 Å². The number of carbonyl (C=O) groups excluding carboxylic acids is 1. The number of hydrogen-bond donors (Lipinski definition) is 1. The van der Waals surface area contributed by atoms with E-state index in [-0.39, 0.29) is 12.5 Å². The molecule has 4 rings (SSSR count). The number of aryl methyl sites for hydroxylation is 1. The van der Waals surface area contributed by atoms with E-state index in [1.54, 1.807) is 53.2 Å². The lowest BCUT2D eigenvalue weighted by molar-refractivity contribution is 0.102. The second kappa shape index (κ2) is 11.1. The summed E-state index contributed by atoms with van der Waals surface area (Å²) in [6.45, 7) is 2.56. The van der Waals surface area contributed by atoms with E-state index in [0.717, 1.165) is 16.8 Å². The topological polar surface area (TPSA) is 56.1 Å². The lowest BCUT2D eigenvalue weighted by Gasteiger charge is -2.11. The highest BCUT2D eigenvalue weighted by Gasteiger charge is 2.13. The Balaban J connectivity index is 1.43. The minimum absolute atomic E-state index is 0.166. The van der Waals surface area contributed by atoms with Crippen molar-refractivity contribution in [3.63, 3.8) is 0 Å². The van der Waals surface area contributed by atoms with Crippen molar-refractivity contribution >= 4 is 69.7 Å². The maximum absolute atomic E-state index is 12.9. The number of amides is 1. The van der Waals surface area contributed by atoms with E-state index in [9.17, 15) is 4.79 Å². The first-order chi connectivity index (χ1) is 16.7. The molecule has 10 heteroatoms. The molecule has 5 nitrogen and oxygen atoms in total. The number of ether oxygens (including phenoxy) is 1. The molecule has 1 N–H and O–H groups in total. The number of anilines is 1. The number of hydrogen-bond acceptors (Lipinski definition) is 3. The van der Waals surface area contributed by atoms with Crippen LogP contribution in [-0.4, -0.2) is 15.7 Å². The van der Waals surface area contributed by atoms with Gasteiger partial charge in [0.05, 0.1) is 26.6 Å². The Kier molecular flexibility index (Phi) is 8.15. The number of carbonyl (C=O) groups is 1. The summed E-state index contributed by atoms with van der Waals surface area (Å²) in [6, 6.07) is 17.4. The molecule has 0 bridgehead atoms. The van der Waals surface area contributed by atoms with Gasteiger partial charge in [-0.2, -0.15) is 5.10 Å². The Hall–Kier alpha value is -2.41. The van der Waals surface area contributed by atoms with Gasteiger partial charge in [-0.1, -0.05) is 76.2 Å². The van der Waals surface area contributed by atoms with Gasteiger partial charge >= 0.3 is 0 Å². The summed E-state index contributed by atoms with van der Waals surface area (Å²) < 4.78 is 7.54. The molecule has 0 spiro atoms. The van der Waals surface area contributed by atoms with Crippen molar-refractivity contribution in [1.29, 1.82) is 0 Å². The van der Waals surface area contributed by atoms with Crippen LogP contribution in [0, 0.1) is 6.92 Å². The zero-order chi connectivity index (χ0) is 25.1. The zero-order valence-corrected chi connectivity index (χ0v) is 22.1. The van der Waals surface area contributed by atoms with Crippen molar-refractivity contribution in [3.05, 3.63) is 108 Å². The van der Waals surface area contributed by atoms with Gasteiger partial charge in [-0.15, -0.1) is 0 Å². The predicted octanol–water partition coefficient (Wildman–Crippen LogP) is 8.34. The molecule has 0 atom stereocenters. The molecular weight excluding hydrogens is 552 g/mol. The molecule has 0 saturated heterocycles. The first-order valence-electron chi connectivity index (χ1n) is 10.4. The summed E-state index contributed by atoms with van der Waals surface area (Å²) in [7, 11) is 0. The van der Waals surface area contributed by atoms with Crippen molar-refractivity contribution in [2.24, 2.45) is 0 Å². The van der Waals surface area contributed by atoms with Crippen molar-refractivity contribution in [2.45, 2.75) is 20.1 Å². The molecule has 1 heterocycles. The lowest BCUT2D eigenvalue weighted by Crippen LogP contribution is -2.13. The quantitative estimate of drug-likeness (QED) is 0.243. The van der Waals surface area contributed by atoms with Crippen LogP contribution < -0.4 is 10.1 Å². The van der Waals surface area contributed by atoms with E-state index in [2.05, 4.69) is 10.4 Å². The Labute approximate surface area is 227 Å². The molecule has 35 heavy (non-hydrogen) atoms. The smallest absolute Gasteiger partial charge is 0.256 e. The third kappa shape index (κ3) is 6.43. The van der Waals surface area contributed by atoms with Gasteiger partial charge in [0.25, 0.3) is 5.91 Å². The fourth-order valence-electron chi connectivity index (χ4n) is 3.36. The van der Waals surface area contributed by atoms with Gasteiger partial charge in [0, 0.05) is 22.3 Å². The molecular formula is C25H18Cl5N3O2. The largest absolute Gasteiger partial charge is 0.486 e. The number of rotatable bonds is 7. The highest BCUT2D eigenvalue weighted by atomic mass is 35.5. The van der Waals surface area contributed by atoms with Crippen LogP contribution in [0.1, 0.15) is 27.2 Å². The molecule has 0 aliphatic carbocycles. The number of aromatic nitrogens is 2. The van der Waals surface area contributed by atoms with Crippen molar-refractivity contribution in [3.8, 4) is 5.75 Å². The molecule has 0 saturated carbocycles. The minimum Gasteiger partial charge on any atom is -0.486 e. The van der Waals surface area contributed by atoms with E-state index in [0.29, 0.717) is 48.8 Å². The van der Waals surface area contributed by atoms with Crippen LogP contribution in [0.15, 0.2) is 60.7 Å². The summed E-state index contributed by atoms with van der Waals surface area (Å²) in [5, 5.41) is 9.33. The lowest BCUT2D eigenvalue weighted by atomic mass is 10.1. The predicted molar refractivity (Wildman–Crippen MR) is 143 cm³/mol. The first kappa shape index (κ1) is 25.7. The van der Waals surface area contributed by atoms with E-state index in [1.165, 1.54) is 0 Å². The summed E-state index contributed by atoms with van der Waals surface area (Å²) in [5.41, 5.74) is 3.04. The second-order valence-corrected chi connectivity index (χ2v) is 9.78. The van der Waals surface area contributed by atoms with Gasteiger partial charge in [-0.05, 0) is 54.4 Å². The van der Waals surface area contributed by atoms with Gasteiger partial charge in [-0.3, -0.25) is 9.48 Å². The van der Waals surface area contributed by atoms with Crippen molar-refractivity contribution < 1.29 is 9.53 Å². The molecule has 0 aliphatic heterocycles. The van der Waals surface area contributed by atoms with Gasteiger partial charge in [0.2, 0.25) is 0 Å². The Morgan fingerprint density at radius 1 is 0.886 bits per heavy atom. The van der Waals surface area contributed by atoms with Gasteiger partial charge < -0.3 is 10.1 Å². The number of nitrogens with one attached hydrogen (secondary N) is 1. The number of benzene rings is 3. The Bertz CT molecular complexity index is 1380. The maximum atomic E-state index is 12.9. The summed E-state index contributed by atoms with van der Waals surface area (Å²) in [4.78, 5) is 12.9. The molecule has 4 aromatic rings. The third-order valence-electron chi connectivity index (χ3n) is 5.07. The van der Waals surface area contributed by atoms with E-state index < -0.39 is 0 Å². The van der Waals surface area contributed by atoms with Crippen LogP contribution in [0.25, 0.3) is 0 Å². The minimum atomic E-state index is -0.298. The van der Waals surface area contributed by atoms with Crippen LogP contribution in [-0.2, 0) is 13.2 Å². The van der Waals surface area contributed by atoms with E-state index >= 15 is 0 Å². The molecule has 0 radical (unpaired) electrons. The van der Waals surface area contributed by atoms with Crippen LogP contribution >= 0.6 is 58.0 Å². The molecule has 0 aliphatic rings. The fraction of sp³-hybridized carbons (Fsp3) is 0.120. The number of nitrogens with zero attached hydrogens (tertiary/aromatic N) is 2. The molecule has 1 amide bonds. The summed E-state index contributed by atoms with van der Waals surface area (Å²) in [5.74, 6) is 0.470. The Morgan fingerprint density at radius 2 is 1.63 bits per heavy atom. The highest BCUT2D eigenvalue weighted by Crippen LogP contribution is 2.36. The molecule has 1 aromatic heterocycles. The first-order valence-corrected chi connectivity index (χ1v) is 12.2. The summed E-state index contributed by atoms with van der Waals surface area (Å²) in [6.07, 6.45) is 0. The standard InChI is InChI=1S/C25H18Cl5N3O2/c1-14-7-23(32-33(14)12-15-5-6-19(27)20(28)9-15)31-25(34)17-4-2-3-16(8-17)13-35-24-21(29)10-18(26)11-22(24)30/h2-11H,12-13H2,1H3,(H,31,32,34). The second-order valence-electron chi connectivity index (χ2n) is 7.72. The fourth-order valence-corrected chi connectivity index (χ4v) is 4.60.